The molecule has 0 spiro atoms. The van der Waals surface area contributed by atoms with Gasteiger partial charge in [0.25, 0.3) is 0 Å². The molecule has 10 heteroatoms. The molecular formula is C31H42ClN7O2. The lowest BCUT2D eigenvalue weighted by molar-refractivity contribution is 0.111. The van der Waals surface area contributed by atoms with Crippen LogP contribution in [0.1, 0.15) is 82.3 Å². The fourth-order valence-electron chi connectivity index (χ4n) is 7.69. The minimum Gasteiger partial charge on any atom is -0.508 e. The maximum atomic E-state index is 10.4. The molecule has 5 fully saturated rings. The van der Waals surface area contributed by atoms with Gasteiger partial charge >= 0.3 is 0 Å². The van der Waals surface area contributed by atoms with Gasteiger partial charge in [0.15, 0.2) is 11.2 Å². The van der Waals surface area contributed by atoms with Crippen LogP contribution in [0.15, 0.2) is 18.5 Å². The summed E-state index contributed by atoms with van der Waals surface area (Å²) in [5.41, 5.74) is 3.77. The largest absolute Gasteiger partial charge is 0.508 e. The van der Waals surface area contributed by atoms with Gasteiger partial charge in [0, 0.05) is 30.2 Å². The normalized spacial score (nSPS) is 24.9. The second-order valence-electron chi connectivity index (χ2n) is 12.4. The lowest BCUT2D eigenvalue weighted by Gasteiger charge is -2.33. The number of hydrogen-bond acceptors (Lipinski definition) is 8. The molecule has 2 unspecified atom stereocenters. The fraction of sp³-hybridized carbons (Fsp3) is 0.645. The van der Waals surface area contributed by atoms with Crippen LogP contribution in [0.5, 0.6) is 11.6 Å². The van der Waals surface area contributed by atoms with Crippen molar-refractivity contribution in [2.75, 3.05) is 37.7 Å². The molecule has 1 aromatic carbocycles. The van der Waals surface area contributed by atoms with Gasteiger partial charge < -0.3 is 24.6 Å². The third-order valence-corrected chi connectivity index (χ3v) is 10.0. The van der Waals surface area contributed by atoms with Crippen LogP contribution in [0.25, 0.3) is 11.2 Å². The van der Waals surface area contributed by atoms with E-state index in [1.807, 2.05) is 26.2 Å². The molecule has 2 bridgehead atoms. The molecule has 3 aromatic rings. The number of nitrogens with zero attached hydrogens (tertiary/aromatic N) is 6. The Balaban J connectivity index is 0.00000135. The van der Waals surface area contributed by atoms with Crippen LogP contribution in [-0.4, -0.2) is 79.9 Å². The second kappa shape index (κ2) is 10.9. The third-order valence-electron chi connectivity index (χ3n) is 9.73. The molecule has 9 nitrogen and oxygen atoms in total. The van der Waals surface area contributed by atoms with Crippen molar-refractivity contribution in [2.24, 2.45) is 0 Å². The number of imidazole rings is 1. The van der Waals surface area contributed by atoms with Gasteiger partial charge in [-0.25, -0.2) is 4.98 Å². The number of nitrogens with one attached hydrogen (secondary N) is 1. The van der Waals surface area contributed by atoms with Gasteiger partial charge in [0.1, 0.15) is 12.4 Å². The molecule has 2 aromatic heterocycles. The van der Waals surface area contributed by atoms with Gasteiger partial charge in [-0.15, -0.1) is 0 Å². The number of fused-ring (bicyclic) bond motifs is 4. The Labute approximate surface area is 247 Å². The number of anilines is 1. The highest BCUT2D eigenvalue weighted by Gasteiger charge is 2.45. The number of phenols is 1. The lowest BCUT2D eigenvalue weighted by Crippen LogP contribution is -2.51. The van der Waals surface area contributed by atoms with Gasteiger partial charge in [0.2, 0.25) is 11.8 Å². The zero-order valence-corrected chi connectivity index (χ0v) is 25.0. The number of hydrogen-bond donors (Lipinski definition) is 2. The van der Waals surface area contributed by atoms with Crippen molar-refractivity contribution in [3.8, 4) is 11.6 Å². The molecule has 41 heavy (non-hydrogen) atoms. The van der Waals surface area contributed by atoms with E-state index in [-0.39, 0.29) is 11.3 Å². The Morgan fingerprint density at radius 2 is 1.78 bits per heavy atom. The fourth-order valence-corrected chi connectivity index (χ4v) is 8.08. The molecule has 5 aliphatic rings. The van der Waals surface area contributed by atoms with Gasteiger partial charge in [0.05, 0.1) is 18.4 Å². The Kier molecular flexibility index (Phi) is 7.24. The van der Waals surface area contributed by atoms with Crippen molar-refractivity contribution in [1.82, 2.24) is 29.7 Å². The average molecular weight is 580 g/mol. The molecule has 2 atom stereocenters. The SMILES string of the molecule is CC.Oc1cc(Cl)c(C2CC2)c(Cn2cnc3c(OCC45CCCN4CCC5)nc(N4CC5CCC(C4)N5)nc32)c1. The number of aromatic nitrogens is 4. The smallest absolute Gasteiger partial charge is 0.247 e. The van der Waals surface area contributed by atoms with E-state index in [1.54, 1.807) is 6.07 Å². The summed E-state index contributed by atoms with van der Waals surface area (Å²) in [7, 11) is 0. The summed E-state index contributed by atoms with van der Waals surface area (Å²) in [6.07, 6.45) is 11.4. The summed E-state index contributed by atoms with van der Waals surface area (Å²) in [5.74, 6) is 1.96. The molecule has 220 valence electrons. The molecule has 4 saturated heterocycles. The van der Waals surface area contributed by atoms with Crippen LogP contribution in [0.2, 0.25) is 5.02 Å². The highest BCUT2D eigenvalue weighted by atomic mass is 35.5. The lowest BCUT2D eigenvalue weighted by atomic mass is 9.95. The van der Waals surface area contributed by atoms with Crippen molar-refractivity contribution in [2.45, 2.75) is 95.3 Å². The number of piperazine rings is 1. The monoisotopic (exact) mass is 579 g/mol. The van der Waals surface area contributed by atoms with Gasteiger partial charge in [-0.2, -0.15) is 9.97 Å². The summed E-state index contributed by atoms with van der Waals surface area (Å²) in [6.45, 7) is 9.33. The Morgan fingerprint density at radius 1 is 1.05 bits per heavy atom. The first-order valence-electron chi connectivity index (χ1n) is 15.7. The van der Waals surface area contributed by atoms with E-state index in [0.717, 1.165) is 48.7 Å². The number of aromatic hydroxyl groups is 1. The zero-order valence-electron chi connectivity index (χ0n) is 24.3. The topological polar surface area (TPSA) is 91.6 Å². The summed E-state index contributed by atoms with van der Waals surface area (Å²) in [6, 6.07) is 4.46. The van der Waals surface area contributed by atoms with E-state index in [2.05, 4.69) is 19.7 Å². The predicted molar refractivity (Wildman–Crippen MR) is 161 cm³/mol. The third kappa shape index (κ3) is 5.04. The first-order valence-corrected chi connectivity index (χ1v) is 16.1. The molecule has 1 aliphatic carbocycles. The summed E-state index contributed by atoms with van der Waals surface area (Å²) in [5, 5.41) is 14.7. The minimum atomic E-state index is 0.131. The van der Waals surface area contributed by atoms with Gasteiger partial charge in [-0.05, 0) is 93.6 Å². The first kappa shape index (κ1) is 27.2. The Hall–Kier alpha value is -2.62. The van der Waals surface area contributed by atoms with Crippen LogP contribution in [0.3, 0.4) is 0 Å². The number of halogens is 1. The van der Waals surface area contributed by atoms with E-state index >= 15 is 0 Å². The van der Waals surface area contributed by atoms with E-state index in [4.69, 9.17) is 31.3 Å². The van der Waals surface area contributed by atoms with Crippen molar-refractivity contribution >= 4 is 28.7 Å². The van der Waals surface area contributed by atoms with E-state index in [1.165, 1.54) is 51.6 Å². The van der Waals surface area contributed by atoms with Crippen molar-refractivity contribution < 1.29 is 9.84 Å². The first-order chi connectivity index (χ1) is 20.0. The highest BCUT2D eigenvalue weighted by Crippen LogP contribution is 2.46. The molecule has 0 amide bonds. The molecular weight excluding hydrogens is 538 g/mol. The zero-order chi connectivity index (χ0) is 28.1. The van der Waals surface area contributed by atoms with Crippen LogP contribution < -0.4 is 15.0 Å². The molecule has 8 rings (SSSR count). The maximum absolute atomic E-state index is 10.4. The van der Waals surface area contributed by atoms with Crippen molar-refractivity contribution in [3.63, 3.8) is 0 Å². The molecule has 6 heterocycles. The number of benzene rings is 1. The summed E-state index contributed by atoms with van der Waals surface area (Å²) in [4.78, 5) is 19.8. The number of ether oxygens (including phenoxy) is 1. The maximum Gasteiger partial charge on any atom is 0.247 e. The van der Waals surface area contributed by atoms with Gasteiger partial charge in [-0.1, -0.05) is 25.4 Å². The molecule has 2 N–H and O–H groups in total. The van der Waals surface area contributed by atoms with Gasteiger partial charge in [-0.3, -0.25) is 4.90 Å². The Bertz CT molecular complexity index is 1400. The number of rotatable bonds is 7. The second-order valence-corrected chi connectivity index (χ2v) is 12.8. The minimum absolute atomic E-state index is 0.131. The van der Waals surface area contributed by atoms with E-state index in [0.29, 0.717) is 47.6 Å². The van der Waals surface area contributed by atoms with Crippen molar-refractivity contribution in [1.29, 1.82) is 0 Å². The van der Waals surface area contributed by atoms with Crippen LogP contribution in [0.4, 0.5) is 5.95 Å². The summed E-state index contributed by atoms with van der Waals surface area (Å²) < 4.78 is 8.68. The summed E-state index contributed by atoms with van der Waals surface area (Å²) >= 11 is 6.61. The predicted octanol–water partition coefficient (Wildman–Crippen LogP) is 5.09. The van der Waals surface area contributed by atoms with Crippen LogP contribution >= 0.6 is 11.6 Å². The average Bonchev–Trinajstić information content (AvgIpc) is 3.25. The van der Waals surface area contributed by atoms with E-state index in [9.17, 15) is 5.11 Å². The number of phenolic OH excluding ortho intramolecular Hbond substituents is 1. The molecule has 4 aliphatic heterocycles. The Morgan fingerprint density at radius 3 is 2.49 bits per heavy atom. The van der Waals surface area contributed by atoms with Crippen LogP contribution in [0, 0.1) is 0 Å². The molecule has 0 radical (unpaired) electrons. The molecule has 1 saturated carbocycles. The van der Waals surface area contributed by atoms with Crippen molar-refractivity contribution in [3.05, 3.63) is 34.6 Å². The van der Waals surface area contributed by atoms with Crippen LogP contribution in [-0.2, 0) is 6.54 Å². The quantitative estimate of drug-likeness (QED) is 0.400. The standard InChI is InChI=1S/C29H36ClN7O2.C2H6/c30-23-12-22(38)11-19(24(23)18-3-4-18)13-36-17-31-25-26(36)33-28(35-14-20-5-6-21(15-35)32-20)34-27(25)39-16-29-7-1-9-37(29)10-2-8-29;1-2/h11-12,17-18,20-21,32,38H,1-10,13-16H2;1-2H3. The highest BCUT2D eigenvalue weighted by molar-refractivity contribution is 6.31. The van der Waals surface area contributed by atoms with E-state index < -0.39 is 0 Å².